The van der Waals surface area contributed by atoms with Gasteiger partial charge in [0.1, 0.15) is 11.6 Å². The number of alkyl halides is 1. The summed E-state index contributed by atoms with van der Waals surface area (Å²) >= 11 is 5.74. The highest BCUT2D eigenvalue weighted by atomic mass is 35.5. The molecule has 2 saturated heterocycles. The average molecular weight is 219 g/mol. The van der Waals surface area contributed by atoms with Crippen molar-refractivity contribution >= 4 is 23.5 Å². The summed E-state index contributed by atoms with van der Waals surface area (Å²) in [7, 11) is 0. The van der Waals surface area contributed by atoms with Gasteiger partial charge in [0.25, 0.3) is 0 Å². The molecule has 1 N–H and O–H groups in total. The minimum Gasteiger partial charge on any atom is -0.358 e. The number of nitrogens with one attached hydrogen (secondary N) is 1. The van der Waals surface area contributed by atoms with Gasteiger partial charge in [-0.15, -0.1) is 11.6 Å². The third kappa shape index (κ3) is 1.69. The number of hydrogen-bond donors (Lipinski definition) is 1. The maximum Gasteiger partial charge on any atom is 0.326 e. The van der Waals surface area contributed by atoms with E-state index in [0.29, 0.717) is 6.61 Å². The lowest BCUT2D eigenvalue weighted by molar-refractivity contribution is -0.122. The molecule has 0 saturated carbocycles. The quantitative estimate of drug-likeness (QED) is 0.644. The van der Waals surface area contributed by atoms with Crippen LogP contribution >= 0.6 is 11.6 Å². The SMILES string of the molecule is O=C1NC(=O)N(C2CCCO2)CC1Cl. The zero-order valence-corrected chi connectivity index (χ0v) is 8.29. The normalized spacial score (nSPS) is 33.4. The maximum atomic E-state index is 11.4. The van der Waals surface area contributed by atoms with Gasteiger partial charge >= 0.3 is 6.03 Å². The molecule has 5 nitrogen and oxygen atoms in total. The number of imide groups is 1. The molecule has 0 bridgehead atoms. The first-order valence-electron chi connectivity index (χ1n) is 4.55. The highest BCUT2D eigenvalue weighted by molar-refractivity contribution is 6.32. The number of ether oxygens (including phenoxy) is 1. The van der Waals surface area contributed by atoms with Crippen LogP contribution in [0.2, 0.25) is 0 Å². The maximum absolute atomic E-state index is 11.4. The molecule has 2 aliphatic rings. The van der Waals surface area contributed by atoms with Crippen LogP contribution in [0.1, 0.15) is 12.8 Å². The molecule has 14 heavy (non-hydrogen) atoms. The van der Waals surface area contributed by atoms with Gasteiger partial charge in [-0.05, 0) is 12.8 Å². The molecular formula is C8H11ClN2O3. The van der Waals surface area contributed by atoms with Gasteiger partial charge in [-0.2, -0.15) is 0 Å². The third-order valence-electron chi connectivity index (χ3n) is 2.39. The van der Waals surface area contributed by atoms with Gasteiger partial charge in [-0.25, -0.2) is 4.79 Å². The highest BCUT2D eigenvalue weighted by Gasteiger charge is 2.36. The lowest BCUT2D eigenvalue weighted by Gasteiger charge is -2.33. The summed E-state index contributed by atoms with van der Waals surface area (Å²) in [5, 5.41) is 1.52. The molecule has 0 aromatic carbocycles. The average Bonchev–Trinajstić information content (AvgIpc) is 2.64. The molecule has 2 unspecified atom stereocenters. The summed E-state index contributed by atoms with van der Waals surface area (Å²) in [4.78, 5) is 23.9. The monoisotopic (exact) mass is 218 g/mol. The van der Waals surface area contributed by atoms with E-state index in [0.717, 1.165) is 12.8 Å². The lowest BCUT2D eigenvalue weighted by Crippen LogP contribution is -2.58. The van der Waals surface area contributed by atoms with E-state index in [9.17, 15) is 9.59 Å². The number of rotatable bonds is 1. The molecule has 3 amide bonds. The minimum atomic E-state index is -0.670. The lowest BCUT2D eigenvalue weighted by atomic mass is 10.2. The number of urea groups is 1. The molecule has 0 spiro atoms. The van der Waals surface area contributed by atoms with Gasteiger partial charge in [-0.1, -0.05) is 0 Å². The van der Waals surface area contributed by atoms with Crippen LogP contribution in [-0.2, 0) is 9.53 Å². The van der Waals surface area contributed by atoms with Crippen LogP contribution < -0.4 is 5.32 Å². The van der Waals surface area contributed by atoms with Crippen molar-refractivity contribution in [3.05, 3.63) is 0 Å². The van der Waals surface area contributed by atoms with E-state index in [-0.39, 0.29) is 12.8 Å². The predicted molar refractivity (Wildman–Crippen MR) is 48.9 cm³/mol. The molecule has 78 valence electrons. The van der Waals surface area contributed by atoms with Crippen molar-refractivity contribution in [1.29, 1.82) is 0 Å². The van der Waals surface area contributed by atoms with E-state index in [1.165, 1.54) is 4.90 Å². The largest absolute Gasteiger partial charge is 0.358 e. The molecule has 2 fully saturated rings. The smallest absolute Gasteiger partial charge is 0.326 e. The van der Waals surface area contributed by atoms with Crippen LogP contribution in [0, 0.1) is 0 Å². The third-order valence-corrected chi connectivity index (χ3v) is 2.72. The van der Waals surface area contributed by atoms with Gasteiger partial charge < -0.3 is 4.74 Å². The Morgan fingerprint density at radius 2 is 2.29 bits per heavy atom. The van der Waals surface area contributed by atoms with E-state index in [2.05, 4.69) is 5.32 Å². The van der Waals surface area contributed by atoms with E-state index in [4.69, 9.17) is 16.3 Å². The molecular weight excluding hydrogens is 208 g/mol. The number of carbonyl (C=O) groups is 2. The summed E-state index contributed by atoms with van der Waals surface area (Å²) in [6, 6.07) is -0.404. The van der Waals surface area contributed by atoms with Gasteiger partial charge in [0.15, 0.2) is 0 Å². The second kappa shape index (κ2) is 3.74. The van der Waals surface area contributed by atoms with Crippen LogP contribution in [0.4, 0.5) is 4.79 Å². The van der Waals surface area contributed by atoms with Crippen LogP contribution in [0.5, 0.6) is 0 Å². The minimum absolute atomic E-state index is 0.218. The first-order chi connectivity index (χ1) is 6.68. The number of nitrogens with zero attached hydrogens (tertiary/aromatic N) is 1. The van der Waals surface area contributed by atoms with Crippen molar-refractivity contribution in [3.8, 4) is 0 Å². The second-order valence-electron chi connectivity index (χ2n) is 3.38. The molecule has 6 heteroatoms. The number of amides is 3. The van der Waals surface area contributed by atoms with Gasteiger partial charge in [0, 0.05) is 6.61 Å². The zero-order chi connectivity index (χ0) is 10.1. The van der Waals surface area contributed by atoms with Crippen molar-refractivity contribution in [2.24, 2.45) is 0 Å². The fourth-order valence-corrected chi connectivity index (χ4v) is 1.85. The van der Waals surface area contributed by atoms with Crippen LogP contribution in [0.3, 0.4) is 0 Å². The molecule has 0 aromatic heterocycles. The highest BCUT2D eigenvalue weighted by Crippen LogP contribution is 2.19. The van der Waals surface area contributed by atoms with E-state index < -0.39 is 17.3 Å². The van der Waals surface area contributed by atoms with Crippen molar-refractivity contribution in [2.45, 2.75) is 24.4 Å². The number of halogens is 1. The fraction of sp³-hybridized carbons (Fsp3) is 0.750. The van der Waals surface area contributed by atoms with Gasteiger partial charge in [0.05, 0.1) is 6.54 Å². The molecule has 0 radical (unpaired) electrons. The Labute approximate surface area is 86.3 Å². The Morgan fingerprint density at radius 1 is 1.50 bits per heavy atom. The Balaban J connectivity index is 2.04. The summed E-state index contributed by atoms with van der Waals surface area (Å²) in [5.41, 5.74) is 0. The van der Waals surface area contributed by atoms with E-state index in [1.54, 1.807) is 0 Å². The Kier molecular flexibility index (Phi) is 2.60. The summed E-state index contributed by atoms with van der Waals surface area (Å²) in [5.74, 6) is -0.425. The first-order valence-corrected chi connectivity index (χ1v) is 4.99. The molecule has 2 aliphatic heterocycles. The topological polar surface area (TPSA) is 58.6 Å². The molecule has 0 aliphatic carbocycles. The summed E-state index contributed by atoms with van der Waals surface area (Å²) < 4.78 is 5.34. The van der Waals surface area contributed by atoms with Crippen molar-refractivity contribution < 1.29 is 14.3 Å². The molecule has 0 aromatic rings. The standard InChI is InChI=1S/C8H11ClN2O3/c9-5-4-11(6-2-1-3-14-6)8(13)10-7(5)12/h5-6H,1-4H2,(H,10,12,13). The predicted octanol–water partition coefficient (Wildman–Crippen LogP) is 0.282. The van der Waals surface area contributed by atoms with Crippen LogP contribution in [0.15, 0.2) is 0 Å². The van der Waals surface area contributed by atoms with Crippen molar-refractivity contribution in [1.82, 2.24) is 10.2 Å². The van der Waals surface area contributed by atoms with Crippen LogP contribution in [0.25, 0.3) is 0 Å². The van der Waals surface area contributed by atoms with Crippen molar-refractivity contribution in [2.75, 3.05) is 13.2 Å². The Morgan fingerprint density at radius 3 is 2.93 bits per heavy atom. The van der Waals surface area contributed by atoms with Gasteiger partial charge in [-0.3, -0.25) is 15.0 Å². The molecule has 2 rings (SSSR count). The Bertz CT molecular complexity index is 265. The van der Waals surface area contributed by atoms with Crippen LogP contribution in [-0.4, -0.2) is 41.6 Å². The Hall–Kier alpha value is -0.810. The summed E-state index contributed by atoms with van der Waals surface area (Å²) in [6.45, 7) is 0.895. The van der Waals surface area contributed by atoms with E-state index >= 15 is 0 Å². The summed E-state index contributed by atoms with van der Waals surface area (Å²) in [6.07, 6.45) is 1.53. The van der Waals surface area contributed by atoms with Gasteiger partial charge in [0.2, 0.25) is 5.91 Å². The molecule has 2 atom stereocenters. The zero-order valence-electron chi connectivity index (χ0n) is 7.53. The number of carbonyl (C=O) groups excluding carboxylic acids is 2. The first kappa shape index (κ1) is 9.73. The second-order valence-corrected chi connectivity index (χ2v) is 3.91. The fourth-order valence-electron chi connectivity index (χ4n) is 1.65. The number of hydrogen-bond acceptors (Lipinski definition) is 3. The van der Waals surface area contributed by atoms with E-state index in [1.807, 2.05) is 0 Å². The molecule has 2 heterocycles. The van der Waals surface area contributed by atoms with Crippen molar-refractivity contribution in [3.63, 3.8) is 0 Å².